The summed E-state index contributed by atoms with van der Waals surface area (Å²) in [5.41, 5.74) is 25.8. The van der Waals surface area contributed by atoms with Crippen molar-refractivity contribution in [3.05, 3.63) is 374 Å². The second-order valence-corrected chi connectivity index (χ2v) is 36.6. The highest BCUT2D eigenvalue weighted by molar-refractivity contribution is 7.20. The van der Waals surface area contributed by atoms with Gasteiger partial charge in [0.25, 0.3) is 6.71 Å². The first-order chi connectivity index (χ1) is 55.2. The fourth-order valence-electron chi connectivity index (χ4n) is 17.5. The Labute approximate surface area is 653 Å². The topological polar surface area (TPSA) is 11.4 Å². The maximum atomic E-state index is 8.71. The predicted molar refractivity (Wildman–Crippen MR) is 471 cm³/mol. The lowest BCUT2D eigenvalue weighted by atomic mass is 9.33. The molecule has 528 valence electrons. The summed E-state index contributed by atoms with van der Waals surface area (Å²) in [5, 5.41) is 6.53. The van der Waals surface area contributed by atoms with Crippen molar-refractivity contribution in [1.29, 1.82) is 0 Å². The molecule has 0 fully saturated rings. The van der Waals surface area contributed by atoms with Crippen molar-refractivity contribution in [2.45, 2.75) is 92.3 Å². The van der Waals surface area contributed by atoms with Crippen LogP contribution in [0, 0.1) is 13.7 Å². The van der Waals surface area contributed by atoms with Gasteiger partial charge in [0.05, 0.1) is 22.4 Å². The highest BCUT2D eigenvalue weighted by Crippen LogP contribution is 2.55. The summed E-state index contributed by atoms with van der Waals surface area (Å²) in [6.07, 6.45) is 0. The number of fused-ring (bicyclic) bond motifs is 7. The molecule has 5 heteroatoms. The lowest BCUT2D eigenvalue weighted by Crippen LogP contribution is -2.74. The van der Waals surface area contributed by atoms with Crippen LogP contribution in [0.4, 0.5) is 34.1 Å². The van der Waals surface area contributed by atoms with Crippen LogP contribution in [0.5, 0.6) is 0 Å². The number of benzene rings is 15. The maximum absolute atomic E-state index is 8.71. The second-order valence-electron chi connectivity index (χ2n) is 32.8. The smallest absolute Gasteiger partial charge is 0.252 e. The fourth-order valence-corrected chi connectivity index (χ4v) is 22.2. The number of hydrogen-bond acceptors (Lipinski definition) is 2. The van der Waals surface area contributed by atoms with Gasteiger partial charge in [0.15, 0.2) is 8.07 Å². The summed E-state index contributed by atoms with van der Waals surface area (Å²) in [5.74, 6) is 0. The van der Waals surface area contributed by atoms with E-state index in [1.807, 2.05) is 12.1 Å². The molecule has 0 bridgehead atoms. The Morgan fingerprint density at radius 1 is 0.284 bits per heavy atom. The molecule has 0 radical (unpaired) electrons. The highest BCUT2D eigenvalue weighted by atomic mass is 28.3. The standard InChI is InChI=1S/C104H90BN3Si/c1-69-47-56-93-89(59-69)90-60-70(2)48-57-94(90)106(93)80-52-55-91-96(68-80)108(101-87(74-37-23-14-24-38-74)64-78(103(6,7)8)65-88(101)75-39-25-15-26-40-75)98-67-79(104(9,10)11)66-97-99(98)105(91)92-61-76(71-49-53-84(54-50-71)109(81-41-27-16-28-42-81,82-43-29-17-30-44-82)83-45-31-18-32-46-83)51-58-95(92)107(97)100-85(72-33-19-12-20-34-72)62-77(102(3,4)5)63-86(100)73-35-21-13-22-36-73/h12-68H,1-11H3/i1D3,2D3. The summed E-state index contributed by atoms with van der Waals surface area (Å²) in [7, 11) is -2.92. The third-order valence-electron chi connectivity index (χ3n) is 23.0. The molecule has 16 aromatic rings. The second kappa shape index (κ2) is 26.7. The highest BCUT2D eigenvalue weighted by Gasteiger charge is 2.47. The molecular formula is C104H90BN3Si. The van der Waals surface area contributed by atoms with Crippen LogP contribution in [0.25, 0.3) is 83.1 Å². The van der Waals surface area contributed by atoms with E-state index < -0.39 is 33.9 Å². The molecule has 2 aliphatic rings. The normalized spacial score (nSPS) is 13.9. The molecule has 3 nitrogen and oxygen atoms in total. The van der Waals surface area contributed by atoms with Gasteiger partial charge in [-0.15, -0.1) is 0 Å². The van der Waals surface area contributed by atoms with Gasteiger partial charge < -0.3 is 14.4 Å². The molecule has 0 spiro atoms. The molecule has 1 aromatic heterocycles. The average Bonchev–Trinajstić information content (AvgIpc) is 1.55. The minimum Gasteiger partial charge on any atom is -0.310 e. The van der Waals surface area contributed by atoms with Crippen LogP contribution in [0.3, 0.4) is 0 Å². The fraction of sp³-hybridized carbons (Fsp3) is 0.135. The van der Waals surface area contributed by atoms with Crippen LogP contribution in [0.1, 0.15) is 98.4 Å². The summed E-state index contributed by atoms with van der Waals surface area (Å²) in [6, 6.07) is 127. The van der Waals surface area contributed by atoms with Crippen LogP contribution in [0.15, 0.2) is 346 Å². The third-order valence-corrected chi connectivity index (χ3v) is 27.7. The molecule has 0 saturated heterocycles. The molecule has 18 rings (SSSR count). The zero-order chi connectivity index (χ0) is 79.7. The first-order valence-corrected chi connectivity index (χ1v) is 40.2. The number of anilines is 6. The molecule has 0 aliphatic carbocycles. The number of nitrogens with zero attached hydrogens (tertiary/aromatic N) is 3. The van der Waals surface area contributed by atoms with Gasteiger partial charge >= 0.3 is 0 Å². The number of aryl methyl sites for hydroxylation is 2. The molecule has 0 atom stereocenters. The van der Waals surface area contributed by atoms with E-state index >= 15 is 0 Å². The van der Waals surface area contributed by atoms with E-state index in [0.717, 1.165) is 128 Å². The molecule has 0 saturated carbocycles. The largest absolute Gasteiger partial charge is 0.310 e. The van der Waals surface area contributed by atoms with Crippen molar-refractivity contribution in [2.75, 3.05) is 9.80 Å². The van der Waals surface area contributed by atoms with E-state index in [2.05, 4.69) is 386 Å². The molecule has 0 N–H and O–H groups in total. The van der Waals surface area contributed by atoms with Crippen molar-refractivity contribution >= 4 is 108 Å². The van der Waals surface area contributed by atoms with Gasteiger partial charge in [-0.05, 0) is 196 Å². The van der Waals surface area contributed by atoms with E-state index in [9.17, 15) is 0 Å². The first-order valence-electron chi connectivity index (χ1n) is 41.2. The number of rotatable bonds is 12. The van der Waals surface area contributed by atoms with E-state index in [-0.39, 0.29) is 22.0 Å². The zero-order valence-electron chi connectivity index (χ0n) is 69.3. The Morgan fingerprint density at radius 2 is 0.642 bits per heavy atom. The van der Waals surface area contributed by atoms with Crippen molar-refractivity contribution in [3.63, 3.8) is 0 Å². The van der Waals surface area contributed by atoms with Gasteiger partial charge in [0, 0.05) is 69.7 Å². The number of hydrogen-bond donors (Lipinski definition) is 0. The molecular weight excluding hydrogens is 1330 g/mol. The van der Waals surface area contributed by atoms with E-state index in [4.69, 9.17) is 8.22 Å². The van der Waals surface area contributed by atoms with Gasteiger partial charge in [-0.2, -0.15) is 0 Å². The molecule has 3 heterocycles. The van der Waals surface area contributed by atoms with Gasteiger partial charge in [-0.25, -0.2) is 0 Å². The summed E-state index contributed by atoms with van der Waals surface area (Å²) in [4.78, 5) is 5.26. The molecule has 2 aliphatic heterocycles. The van der Waals surface area contributed by atoms with Gasteiger partial charge in [-0.1, -0.05) is 340 Å². The predicted octanol–water partition coefficient (Wildman–Crippen LogP) is 23.1. The van der Waals surface area contributed by atoms with Crippen LogP contribution < -0.4 is 46.9 Å². The van der Waals surface area contributed by atoms with Gasteiger partial charge in [-0.3, -0.25) is 0 Å². The minimum atomic E-state index is -2.92. The van der Waals surface area contributed by atoms with E-state index in [1.54, 1.807) is 24.3 Å². The maximum Gasteiger partial charge on any atom is 0.252 e. The van der Waals surface area contributed by atoms with Crippen molar-refractivity contribution in [1.82, 2.24) is 4.57 Å². The quantitative estimate of drug-likeness (QED) is 0.0892. The first kappa shape index (κ1) is 62.1. The Kier molecular flexibility index (Phi) is 15.2. The van der Waals surface area contributed by atoms with E-state index in [0.29, 0.717) is 10.8 Å². The lowest BCUT2D eigenvalue weighted by molar-refractivity contribution is 0.590. The Morgan fingerprint density at radius 3 is 1.03 bits per heavy atom. The van der Waals surface area contributed by atoms with Crippen molar-refractivity contribution < 1.29 is 8.22 Å². The summed E-state index contributed by atoms with van der Waals surface area (Å²) < 4.78 is 54.5. The van der Waals surface area contributed by atoms with Crippen LogP contribution in [-0.4, -0.2) is 19.4 Å². The minimum absolute atomic E-state index is 0.177. The Balaban J connectivity index is 0.995. The monoisotopic (exact) mass is 1430 g/mol. The molecule has 0 unspecified atom stereocenters. The molecule has 0 amide bonds. The van der Waals surface area contributed by atoms with E-state index in [1.165, 1.54) is 31.9 Å². The zero-order valence-corrected chi connectivity index (χ0v) is 64.3. The average molecular weight is 1430 g/mol. The van der Waals surface area contributed by atoms with Gasteiger partial charge in [0.2, 0.25) is 0 Å². The van der Waals surface area contributed by atoms with Crippen LogP contribution in [0.2, 0.25) is 0 Å². The Bertz CT molecular complexity index is 6120. The summed E-state index contributed by atoms with van der Waals surface area (Å²) in [6.45, 7) is 15.7. The third kappa shape index (κ3) is 11.8. The summed E-state index contributed by atoms with van der Waals surface area (Å²) >= 11 is 0. The van der Waals surface area contributed by atoms with Gasteiger partial charge in [0.1, 0.15) is 0 Å². The molecule has 109 heavy (non-hydrogen) atoms. The van der Waals surface area contributed by atoms with Crippen molar-refractivity contribution in [2.24, 2.45) is 0 Å². The lowest BCUT2D eigenvalue weighted by Gasteiger charge is -2.47. The van der Waals surface area contributed by atoms with Crippen LogP contribution in [-0.2, 0) is 16.2 Å². The number of aromatic nitrogens is 1. The SMILES string of the molecule is [2H]C([2H])([2H])c1ccc2c(c1)c1cc(C([2H])([2H])[2H])ccc1n2-c1ccc2c(c1)N(c1c(-c3ccccc3)cc(C(C)(C)C)cc1-c1ccccc1)c1cc(C(C)(C)C)cc3c1B2c1cc(-c2ccc([Si](c4ccccc4)(c4ccccc4)c4ccccc4)cc2)ccc1N3c1c(-c2ccccc2)cc(C(C)(C)C)cc1-c1ccccc1. The van der Waals surface area contributed by atoms with Crippen LogP contribution >= 0.6 is 0 Å². The van der Waals surface area contributed by atoms with Crippen molar-refractivity contribution in [3.8, 4) is 61.3 Å². The Hall–Kier alpha value is -12.0. The molecule has 15 aromatic carbocycles.